The standard InChI is InChI=1S/C19H27N3O4.ClH/c1-14-15(2)22(13-25-12-11-24-3)18-16(14)6-7-20-19(18)26-10-9-21-8-4-5-17(21)23;/h6-7H,4-5,8-13H2,1-3H3;1H. The largest absolute Gasteiger partial charge is 0.474 e. The average Bonchev–Trinajstić information content (AvgIpc) is 3.15. The van der Waals surface area contributed by atoms with Gasteiger partial charge < -0.3 is 23.7 Å². The molecule has 1 fully saturated rings. The quantitative estimate of drug-likeness (QED) is 0.608. The summed E-state index contributed by atoms with van der Waals surface area (Å²) in [7, 11) is 1.66. The van der Waals surface area contributed by atoms with Crippen LogP contribution in [0.15, 0.2) is 12.3 Å². The number of rotatable bonds is 9. The van der Waals surface area contributed by atoms with Crippen molar-refractivity contribution >= 4 is 29.2 Å². The maximum atomic E-state index is 11.7. The summed E-state index contributed by atoms with van der Waals surface area (Å²) in [6.45, 7) is 7.53. The number of pyridine rings is 1. The van der Waals surface area contributed by atoms with Gasteiger partial charge in [-0.2, -0.15) is 0 Å². The molecule has 2 aromatic heterocycles. The van der Waals surface area contributed by atoms with E-state index in [4.69, 9.17) is 14.2 Å². The fourth-order valence-corrected chi connectivity index (χ4v) is 3.32. The van der Waals surface area contributed by atoms with Crippen LogP contribution >= 0.6 is 12.4 Å². The molecule has 0 atom stereocenters. The summed E-state index contributed by atoms with van der Waals surface area (Å²) in [6.07, 6.45) is 3.35. The van der Waals surface area contributed by atoms with Crippen molar-refractivity contribution in [3.05, 3.63) is 23.5 Å². The normalized spacial score (nSPS) is 14.0. The first-order valence-corrected chi connectivity index (χ1v) is 9.05. The SMILES string of the molecule is COCCOCn1c(C)c(C)c2ccnc(OCCN3CCCC3=O)c21.Cl. The molecule has 1 saturated heterocycles. The van der Waals surface area contributed by atoms with Crippen molar-refractivity contribution in [3.8, 4) is 5.88 Å². The van der Waals surface area contributed by atoms with E-state index in [9.17, 15) is 4.79 Å². The summed E-state index contributed by atoms with van der Waals surface area (Å²) in [5.74, 6) is 0.794. The number of carbonyl (C=O) groups is 1. The van der Waals surface area contributed by atoms with Crippen molar-refractivity contribution < 1.29 is 19.0 Å². The predicted octanol–water partition coefficient (Wildman–Crippen LogP) is 2.70. The summed E-state index contributed by atoms with van der Waals surface area (Å²) >= 11 is 0. The Hall–Kier alpha value is -1.83. The van der Waals surface area contributed by atoms with Crippen molar-refractivity contribution in [2.45, 2.75) is 33.4 Å². The lowest BCUT2D eigenvalue weighted by Gasteiger charge is -2.16. The number of likely N-dealkylation sites (tertiary alicyclic amines) is 1. The number of nitrogens with zero attached hydrogens (tertiary/aromatic N) is 3. The Balaban J connectivity index is 0.00000261. The van der Waals surface area contributed by atoms with E-state index >= 15 is 0 Å². The van der Waals surface area contributed by atoms with E-state index in [0.29, 0.717) is 45.4 Å². The zero-order chi connectivity index (χ0) is 18.5. The first kappa shape index (κ1) is 21.5. The van der Waals surface area contributed by atoms with Gasteiger partial charge in [0.25, 0.3) is 0 Å². The minimum atomic E-state index is 0. The number of aryl methyl sites for hydroxylation is 1. The third kappa shape index (κ3) is 4.72. The van der Waals surface area contributed by atoms with Crippen molar-refractivity contribution in [2.75, 3.05) is 40.0 Å². The number of carbonyl (C=O) groups excluding carboxylic acids is 1. The number of halogens is 1. The van der Waals surface area contributed by atoms with E-state index in [2.05, 4.69) is 23.4 Å². The van der Waals surface area contributed by atoms with Crippen LogP contribution < -0.4 is 4.74 Å². The molecule has 0 spiro atoms. The molecule has 150 valence electrons. The first-order valence-electron chi connectivity index (χ1n) is 9.05. The predicted molar refractivity (Wildman–Crippen MR) is 106 cm³/mol. The zero-order valence-corrected chi connectivity index (χ0v) is 17.0. The van der Waals surface area contributed by atoms with Gasteiger partial charge in [-0.1, -0.05) is 0 Å². The number of ether oxygens (including phenoxy) is 3. The van der Waals surface area contributed by atoms with Crippen LogP contribution in [0, 0.1) is 13.8 Å². The summed E-state index contributed by atoms with van der Waals surface area (Å²) in [5.41, 5.74) is 3.26. The molecule has 0 bridgehead atoms. The van der Waals surface area contributed by atoms with Crippen LogP contribution in [0.2, 0.25) is 0 Å². The second-order valence-electron chi connectivity index (χ2n) is 6.51. The number of fused-ring (bicyclic) bond motifs is 1. The molecule has 1 aliphatic heterocycles. The van der Waals surface area contributed by atoms with Crippen molar-refractivity contribution in [1.82, 2.24) is 14.5 Å². The Morgan fingerprint density at radius 3 is 2.74 bits per heavy atom. The maximum Gasteiger partial charge on any atom is 0.238 e. The van der Waals surface area contributed by atoms with E-state index in [1.807, 2.05) is 11.0 Å². The lowest BCUT2D eigenvalue weighted by molar-refractivity contribution is -0.128. The Kier molecular flexibility index (Phi) is 7.89. The molecular weight excluding hydrogens is 370 g/mol. The van der Waals surface area contributed by atoms with Gasteiger partial charge in [-0.25, -0.2) is 4.98 Å². The number of amides is 1. The van der Waals surface area contributed by atoms with Crippen LogP contribution in [0.5, 0.6) is 5.88 Å². The lowest BCUT2D eigenvalue weighted by Crippen LogP contribution is -2.29. The van der Waals surface area contributed by atoms with Crippen LogP contribution in [-0.2, 0) is 21.0 Å². The number of aromatic nitrogens is 2. The van der Waals surface area contributed by atoms with Crippen molar-refractivity contribution in [3.63, 3.8) is 0 Å². The molecule has 0 N–H and O–H groups in total. The number of hydrogen-bond acceptors (Lipinski definition) is 5. The van der Waals surface area contributed by atoms with Crippen molar-refractivity contribution in [1.29, 1.82) is 0 Å². The van der Waals surface area contributed by atoms with Crippen LogP contribution in [0.4, 0.5) is 0 Å². The molecule has 0 aliphatic carbocycles. The third-order valence-electron chi connectivity index (χ3n) is 4.94. The van der Waals surface area contributed by atoms with Gasteiger partial charge in [-0.05, 0) is 31.9 Å². The van der Waals surface area contributed by atoms with E-state index < -0.39 is 0 Å². The van der Waals surface area contributed by atoms with Crippen molar-refractivity contribution in [2.24, 2.45) is 0 Å². The minimum absolute atomic E-state index is 0. The Morgan fingerprint density at radius 1 is 1.22 bits per heavy atom. The molecule has 0 radical (unpaired) electrons. The van der Waals surface area contributed by atoms with Gasteiger partial charge >= 0.3 is 0 Å². The highest BCUT2D eigenvalue weighted by Crippen LogP contribution is 2.30. The highest BCUT2D eigenvalue weighted by atomic mass is 35.5. The van der Waals surface area contributed by atoms with Gasteiger partial charge in [0.2, 0.25) is 11.8 Å². The maximum absolute atomic E-state index is 11.7. The molecule has 2 aromatic rings. The number of methoxy groups -OCH3 is 1. The highest BCUT2D eigenvalue weighted by molar-refractivity contribution is 5.88. The van der Waals surface area contributed by atoms with Gasteiger partial charge in [0.1, 0.15) is 18.9 Å². The Labute approximate surface area is 166 Å². The molecule has 1 amide bonds. The van der Waals surface area contributed by atoms with Crippen LogP contribution in [0.3, 0.4) is 0 Å². The second kappa shape index (κ2) is 9.92. The van der Waals surface area contributed by atoms with Gasteiger partial charge in [0.05, 0.1) is 19.8 Å². The van der Waals surface area contributed by atoms with E-state index in [1.54, 1.807) is 13.3 Å². The van der Waals surface area contributed by atoms with Gasteiger partial charge in [0.15, 0.2) is 0 Å². The molecule has 3 heterocycles. The summed E-state index contributed by atoms with van der Waals surface area (Å²) in [4.78, 5) is 18.0. The molecule has 8 heteroatoms. The molecule has 27 heavy (non-hydrogen) atoms. The molecule has 1 aliphatic rings. The van der Waals surface area contributed by atoms with E-state index in [-0.39, 0.29) is 18.3 Å². The Bertz CT molecular complexity index is 778. The van der Waals surface area contributed by atoms with E-state index in [0.717, 1.165) is 29.6 Å². The molecular formula is C19H28ClN3O4. The zero-order valence-electron chi connectivity index (χ0n) is 16.2. The molecule has 3 rings (SSSR count). The third-order valence-corrected chi connectivity index (χ3v) is 4.94. The topological polar surface area (TPSA) is 65.8 Å². The number of hydrogen-bond donors (Lipinski definition) is 0. The molecule has 0 aromatic carbocycles. The average molecular weight is 398 g/mol. The lowest BCUT2D eigenvalue weighted by atomic mass is 10.2. The monoisotopic (exact) mass is 397 g/mol. The fraction of sp³-hybridized carbons (Fsp3) is 0.579. The molecule has 0 saturated carbocycles. The second-order valence-corrected chi connectivity index (χ2v) is 6.51. The van der Waals surface area contributed by atoms with Gasteiger partial charge in [0, 0.05) is 37.4 Å². The summed E-state index contributed by atoms with van der Waals surface area (Å²) in [5, 5.41) is 1.11. The molecule has 0 unspecified atom stereocenters. The first-order chi connectivity index (χ1) is 12.6. The summed E-state index contributed by atoms with van der Waals surface area (Å²) in [6, 6.07) is 2.00. The minimum Gasteiger partial charge on any atom is -0.474 e. The Morgan fingerprint density at radius 2 is 2.04 bits per heavy atom. The fourth-order valence-electron chi connectivity index (χ4n) is 3.32. The van der Waals surface area contributed by atoms with Crippen LogP contribution in [-0.4, -0.2) is 60.4 Å². The van der Waals surface area contributed by atoms with Gasteiger partial charge in [-0.15, -0.1) is 12.4 Å². The van der Waals surface area contributed by atoms with Crippen LogP contribution in [0.1, 0.15) is 24.1 Å². The van der Waals surface area contributed by atoms with E-state index in [1.165, 1.54) is 5.56 Å². The van der Waals surface area contributed by atoms with Gasteiger partial charge in [-0.3, -0.25) is 4.79 Å². The highest BCUT2D eigenvalue weighted by Gasteiger charge is 2.20. The molecule has 7 nitrogen and oxygen atoms in total. The smallest absolute Gasteiger partial charge is 0.238 e. The summed E-state index contributed by atoms with van der Waals surface area (Å²) < 4.78 is 18.8. The van der Waals surface area contributed by atoms with Crippen LogP contribution in [0.25, 0.3) is 10.9 Å².